The van der Waals surface area contributed by atoms with Crippen molar-refractivity contribution in [3.05, 3.63) is 11.7 Å². The lowest BCUT2D eigenvalue weighted by Crippen LogP contribution is -2.34. The van der Waals surface area contributed by atoms with Gasteiger partial charge >= 0.3 is 5.97 Å². The minimum Gasteiger partial charge on any atom is -0.481 e. The van der Waals surface area contributed by atoms with E-state index in [-0.39, 0.29) is 12.8 Å². The zero-order chi connectivity index (χ0) is 11.6. The van der Waals surface area contributed by atoms with Crippen LogP contribution in [-0.2, 0) is 16.8 Å². The highest BCUT2D eigenvalue weighted by Crippen LogP contribution is 2.34. The van der Waals surface area contributed by atoms with Crippen molar-refractivity contribution in [1.82, 2.24) is 10.1 Å². The molecule has 1 aliphatic rings. The maximum atomic E-state index is 10.4. The van der Waals surface area contributed by atoms with Crippen molar-refractivity contribution in [3.63, 3.8) is 0 Å². The molecule has 0 radical (unpaired) electrons. The number of rotatable bonds is 4. The Kier molecular flexibility index (Phi) is 2.91. The van der Waals surface area contributed by atoms with Crippen molar-refractivity contribution in [2.75, 3.05) is 0 Å². The largest absolute Gasteiger partial charge is 0.481 e. The van der Waals surface area contributed by atoms with Crippen LogP contribution in [0.25, 0.3) is 0 Å². The maximum absolute atomic E-state index is 10.4. The zero-order valence-corrected chi connectivity index (χ0v) is 8.98. The van der Waals surface area contributed by atoms with Gasteiger partial charge in [-0.15, -0.1) is 0 Å². The van der Waals surface area contributed by atoms with Crippen LogP contribution < -0.4 is 5.73 Å². The van der Waals surface area contributed by atoms with Crippen LogP contribution in [0.5, 0.6) is 0 Å². The lowest BCUT2D eigenvalue weighted by Gasteiger charge is -2.17. The molecule has 0 aromatic carbocycles. The van der Waals surface area contributed by atoms with Gasteiger partial charge in [-0.05, 0) is 12.8 Å². The quantitative estimate of drug-likeness (QED) is 0.786. The molecule has 1 aliphatic carbocycles. The van der Waals surface area contributed by atoms with Crippen LogP contribution >= 0.6 is 0 Å². The SMILES string of the molecule is NC1(c2noc(CCC(=O)O)n2)CCCC1. The number of carboxylic acids is 1. The van der Waals surface area contributed by atoms with E-state index in [0.717, 1.165) is 25.7 Å². The Labute approximate surface area is 92.8 Å². The minimum absolute atomic E-state index is 0.000789. The molecule has 1 saturated carbocycles. The van der Waals surface area contributed by atoms with Crippen molar-refractivity contribution in [1.29, 1.82) is 0 Å². The molecule has 16 heavy (non-hydrogen) atoms. The predicted molar refractivity (Wildman–Crippen MR) is 54.6 cm³/mol. The Morgan fingerprint density at radius 3 is 2.81 bits per heavy atom. The molecule has 3 N–H and O–H groups in total. The van der Waals surface area contributed by atoms with Crippen LogP contribution in [0.1, 0.15) is 43.8 Å². The number of aromatic nitrogens is 2. The van der Waals surface area contributed by atoms with E-state index in [1.54, 1.807) is 0 Å². The fourth-order valence-corrected chi connectivity index (χ4v) is 2.00. The molecular weight excluding hydrogens is 210 g/mol. The van der Waals surface area contributed by atoms with Gasteiger partial charge in [0.1, 0.15) is 0 Å². The Morgan fingerprint density at radius 1 is 1.50 bits per heavy atom. The van der Waals surface area contributed by atoms with Crippen molar-refractivity contribution >= 4 is 5.97 Å². The number of nitrogens with zero attached hydrogens (tertiary/aromatic N) is 2. The smallest absolute Gasteiger partial charge is 0.303 e. The lowest BCUT2D eigenvalue weighted by atomic mass is 9.99. The maximum Gasteiger partial charge on any atom is 0.303 e. The van der Waals surface area contributed by atoms with E-state index < -0.39 is 11.5 Å². The van der Waals surface area contributed by atoms with Crippen LogP contribution in [0.15, 0.2) is 4.52 Å². The van der Waals surface area contributed by atoms with Crippen molar-refractivity contribution in [2.45, 2.75) is 44.1 Å². The molecule has 2 rings (SSSR count). The van der Waals surface area contributed by atoms with Gasteiger partial charge in [0, 0.05) is 6.42 Å². The Balaban J connectivity index is 2.04. The molecular formula is C10H15N3O3. The molecule has 1 aromatic rings. The topological polar surface area (TPSA) is 102 Å². The molecule has 0 amide bonds. The summed E-state index contributed by atoms with van der Waals surface area (Å²) in [6, 6.07) is 0. The van der Waals surface area contributed by atoms with Crippen molar-refractivity contribution < 1.29 is 14.4 Å². The number of aryl methyl sites for hydroxylation is 1. The zero-order valence-electron chi connectivity index (χ0n) is 8.98. The second-order valence-electron chi connectivity index (χ2n) is 4.27. The number of aliphatic carboxylic acids is 1. The van der Waals surface area contributed by atoms with Crippen LogP contribution in [0.2, 0.25) is 0 Å². The number of carbonyl (C=O) groups is 1. The van der Waals surface area contributed by atoms with Crippen molar-refractivity contribution in [2.24, 2.45) is 5.73 Å². The molecule has 6 heteroatoms. The third kappa shape index (κ3) is 2.21. The molecule has 88 valence electrons. The second kappa shape index (κ2) is 4.21. The molecule has 1 heterocycles. The molecule has 6 nitrogen and oxygen atoms in total. The van der Waals surface area contributed by atoms with Crippen molar-refractivity contribution in [3.8, 4) is 0 Å². The molecule has 0 spiro atoms. The number of hydrogen-bond donors (Lipinski definition) is 2. The molecule has 1 fully saturated rings. The highest BCUT2D eigenvalue weighted by Gasteiger charge is 2.35. The molecule has 0 atom stereocenters. The first kappa shape index (κ1) is 11.1. The van der Waals surface area contributed by atoms with Gasteiger partial charge in [-0.1, -0.05) is 18.0 Å². The fourth-order valence-electron chi connectivity index (χ4n) is 2.00. The normalized spacial score (nSPS) is 18.8. The van der Waals surface area contributed by atoms with Crippen LogP contribution in [0, 0.1) is 0 Å². The van der Waals surface area contributed by atoms with E-state index >= 15 is 0 Å². The fraction of sp³-hybridized carbons (Fsp3) is 0.700. The Hall–Kier alpha value is -1.43. The first-order chi connectivity index (χ1) is 7.60. The van der Waals surface area contributed by atoms with Gasteiger partial charge in [-0.3, -0.25) is 4.79 Å². The van der Waals surface area contributed by atoms with Crippen LogP contribution in [-0.4, -0.2) is 21.2 Å². The average Bonchev–Trinajstić information content (AvgIpc) is 2.84. The summed E-state index contributed by atoms with van der Waals surface area (Å²) in [5.74, 6) is 0.00240. The first-order valence-electron chi connectivity index (χ1n) is 5.44. The van der Waals surface area contributed by atoms with Gasteiger partial charge in [0.05, 0.1) is 12.0 Å². The average molecular weight is 225 g/mol. The number of nitrogens with two attached hydrogens (primary N) is 1. The van der Waals surface area contributed by atoms with Gasteiger partial charge in [-0.2, -0.15) is 4.98 Å². The van der Waals surface area contributed by atoms with Crippen LogP contribution in [0.4, 0.5) is 0 Å². The Bertz CT molecular complexity index is 382. The van der Waals surface area contributed by atoms with E-state index in [2.05, 4.69) is 10.1 Å². The summed E-state index contributed by atoms with van der Waals surface area (Å²) in [6.45, 7) is 0. The summed E-state index contributed by atoms with van der Waals surface area (Å²) < 4.78 is 4.99. The first-order valence-corrected chi connectivity index (χ1v) is 5.44. The summed E-state index contributed by atoms with van der Waals surface area (Å²) in [4.78, 5) is 14.6. The summed E-state index contributed by atoms with van der Waals surface area (Å²) in [6.07, 6.45) is 4.15. The monoisotopic (exact) mass is 225 g/mol. The minimum atomic E-state index is -0.872. The van der Waals surface area contributed by atoms with Crippen LogP contribution in [0.3, 0.4) is 0 Å². The van der Waals surface area contributed by atoms with Gasteiger partial charge in [-0.25, -0.2) is 0 Å². The van der Waals surface area contributed by atoms with E-state index in [4.69, 9.17) is 15.4 Å². The highest BCUT2D eigenvalue weighted by atomic mass is 16.5. The van der Waals surface area contributed by atoms with E-state index in [1.165, 1.54) is 0 Å². The van der Waals surface area contributed by atoms with E-state index in [0.29, 0.717) is 11.7 Å². The molecule has 0 saturated heterocycles. The molecule has 0 aliphatic heterocycles. The summed E-state index contributed by atoms with van der Waals surface area (Å²) in [7, 11) is 0. The number of hydrogen-bond acceptors (Lipinski definition) is 5. The second-order valence-corrected chi connectivity index (χ2v) is 4.27. The van der Waals surface area contributed by atoms with E-state index in [1.807, 2.05) is 0 Å². The standard InChI is InChI=1S/C10H15N3O3/c11-10(5-1-2-6-10)9-12-7(16-13-9)3-4-8(14)15/h1-6,11H2,(H,14,15). The summed E-state index contributed by atoms with van der Waals surface area (Å²) >= 11 is 0. The number of carboxylic acid groups (broad SMARTS) is 1. The molecule has 0 bridgehead atoms. The molecule has 0 unspecified atom stereocenters. The predicted octanol–water partition coefficient (Wildman–Crippen LogP) is 0.815. The highest BCUT2D eigenvalue weighted by molar-refractivity contribution is 5.66. The van der Waals surface area contributed by atoms with Gasteiger partial charge in [0.2, 0.25) is 5.89 Å². The summed E-state index contributed by atoms with van der Waals surface area (Å²) in [5.41, 5.74) is 5.68. The van der Waals surface area contributed by atoms with Gasteiger partial charge < -0.3 is 15.4 Å². The Morgan fingerprint density at radius 2 is 2.19 bits per heavy atom. The lowest BCUT2D eigenvalue weighted by molar-refractivity contribution is -0.137. The van der Waals surface area contributed by atoms with E-state index in [9.17, 15) is 4.79 Å². The van der Waals surface area contributed by atoms with Gasteiger partial charge in [0.15, 0.2) is 5.82 Å². The molecule has 1 aromatic heterocycles. The summed E-state index contributed by atoms with van der Waals surface area (Å²) in [5, 5.41) is 12.4. The van der Waals surface area contributed by atoms with Gasteiger partial charge in [0.25, 0.3) is 0 Å². The third-order valence-electron chi connectivity index (χ3n) is 2.96. The third-order valence-corrected chi connectivity index (χ3v) is 2.96.